The Morgan fingerprint density at radius 2 is 1.92 bits per heavy atom. The Balaban J connectivity index is 0.00000182. The number of carbonyl (C=O) groups excluding carboxylic acids is 2. The van der Waals surface area contributed by atoms with Crippen molar-refractivity contribution in [1.82, 2.24) is 0 Å². The van der Waals surface area contributed by atoms with Crippen molar-refractivity contribution in [2.45, 2.75) is 19.8 Å². The van der Waals surface area contributed by atoms with Crippen molar-refractivity contribution in [3.63, 3.8) is 0 Å². The number of rotatable bonds is 2. The van der Waals surface area contributed by atoms with Crippen LogP contribution in [0.25, 0.3) is 0 Å². The van der Waals surface area contributed by atoms with Crippen molar-refractivity contribution in [2.75, 3.05) is 28.6 Å². The van der Waals surface area contributed by atoms with Crippen LogP contribution in [0.3, 0.4) is 0 Å². The van der Waals surface area contributed by atoms with Crippen LogP contribution in [0.4, 0.5) is 17.1 Å². The lowest BCUT2D eigenvalue weighted by Gasteiger charge is -2.15. The number of nitrogens with zero attached hydrogens (tertiary/aromatic N) is 1. The molecule has 2 N–H and O–H groups in total. The summed E-state index contributed by atoms with van der Waals surface area (Å²) in [5.41, 5.74) is 5.79. The van der Waals surface area contributed by atoms with Crippen molar-refractivity contribution in [3.05, 3.63) is 53.1 Å². The van der Waals surface area contributed by atoms with Crippen LogP contribution >= 0.6 is 12.4 Å². The summed E-state index contributed by atoms with van der Waals surface area (Å²) in [6.45, 7) is 3.21. The van der Waals surface area contributed by atoms with E-state index < -0.39 is 0 Å². The molecule has 25 heavy (non-hydrogen) atoms. The van der Waals surface area contributed by atoms with E-state index in [2.05, 4.69) is 10.6 Å². The number of carbonyl (C=O) groups is 2. The number of amides is 2. The van der Waals surface area contributed by atoms with Gasteiger partial charge in [-0.2, -0.15) is 0 Å². The number of hydrogen-bond donors (Lipinski definition) is 2. The molecule has 0 unspecified atom stereocenters. The van der Waals surface area contributed by atoms with Gasteiger partial charge in [-0.1, -0.05) is 0 Å². The van der Waals surface area contributed by atoms with E-state index in [1.54, 1.807) is 11.8 Å². The van der Waals surface area contributed by atoms with Gasteiger partial charge in [0.2, 0.25) is 5.91 Å². The molecule has 0 aliphatic carbocycles. The van der Waals surface area contributed by atoms with Crippen molar-refractivity contribution in [2.24, 2.45) is 0 Å². The standard InChI is InChI=1S/C19H19N3O2.ClH/c1-12(23)22-9-7-14-11-16(3-5-18(14)22)21-19(24)15-2-4-17-13(10-15)6-8-20-17;/h2-5,10-11,20H,6-9H2,1H3,(H,21,24);1H. The SMILES string of the molecule is CC(=O)N1CCc2cc(NC(=O)c3ccc4c(c3)CCN4)ccc21.Cl. The Morgan fingerprint density at radius 3 is 2.72 bits per heavy atom. The van der Waals surface area contributed by atoms with E-state index in [1.807, 2.05) is 36.4 Å². The van der Waals surface area contributed by atoms with Gasteiger partial charge in [0.15, 0.2) is 0 Å². The van der Waals surface area contributed by atoms with E-state index in [1.165, 1.54) is 5.56 Å². The molecule has 2 aliphatic rings. The van der Waals surface area contributed by atoms with Gasteiger partial charge in [0, 0.05) is 42.6 Å². The predicted molar refractivity (Wildman–Crippen MR) is 102 cm³/mol. The number of benzene rings is 2. The maximum absolute atomic E-state index is 12.5. The maximum atomic E-state index is 12.5. The third-order valence-corrected chi connectivity index (χ3v) is 4.69. The minimum Gasteiger partial charge on any atom is -0.384 e. The molecule has 2 heterocycles. The van der Waals surface area contributed by atoms with E-state index in [4.69, 9.17) is 0 Å². The Morgan fingerprint density at radius 1 is 1.08 bits per heavy atom. The van der Waals surface area contributed by atoms with Gasteiger partial charge in [-0.15, -0.1) is 12.4 Å². The first-order chi connectivity index (χ1) is 11.6. The highest BCUT2D eigenvalue weighted by Gasteiger charge is 2.22. The zero-order valence-electron chi connectivity index (χ0n) is 14.0. The highest BCUT2D eigenvalue weighted by molar-refractivity contribution is 6.05. The third kappa shape index (κ3) is 3.20. The monoisotopic (exact) mass is 357 g/mol. The lowest BCUT2D eigenvalue weighted by Crippen LogP contribution is -2.25. The molecule has 4 rings (SSSR count). The largest absolute Gasteiger partial charge is 0.384 e. The van der Waals surface area contributed by atoms with E-state index in [0.29, 0.717) is 12.1 Å². The first-order valence-corrected chi connectivity index (χ1v) is 8.21. The van der Waals surface area contributed by atoms with Gasteiger partial charge in [-0.3, -0.25) is 9.59 Å². The molecule has 2 aliphatic heterocycles. The molecular weight excluding hydrogens is 338 g/mol. The summed E-state index contributed by atoms with van der Waals surface area (Å²) in [5.74, 6) is -0.0524. The maximum Gasteiger partial charge on any atom is 0.255 e. The van der Waals surface area contributed by atoms with Crippen LogP contribution in [0.5, 0.6) is 0 Å². The first-order valence-electron chi connectivity index (χ1n) is 8.21. The number of nitrogens with one attached hydrogen (secondary N) is 2. The molecule has 6 heteroatoms. The summed E-state index contributed by atoms with van der Waals surface area (Å²) in [5, 5.41) is 6.25. The molecule has 130 valence electrons. The van der Waals surface area contributed by atoms with E-state index >= 15 is 0 Å². The molecule has 0 atom stereocenters. The third-order valence-electron chi connectivity index (χ3n) is 4.69. The average Bonchev–Trinajstić information content (AvgIpc) is 3.20. The van der Waals surface area contributed by atoms with Gasteiger partial charge < -0.3 is 15.5 Å². The Kier molecular flexibility index (Phi) is 4.68. The normalized spacial score (nSPS) is 14.2. The minimum absolute atomic E-state index is 0. The molecule has 0 aromatic heterocycles. The van der Waals surface area contributed by atoms with Crippen molar-refractivity contribution >= 4 is 41.3 Å². The average molecular weight is 358 g/mol. The molecule has 0 bridgehead atoms. The van der Waals surface area contributed by atoms with Gasteiger partial charge >= 0.3 is 0 Å². The van der Waals surface area contributed by atoms with Crippen LogP contribution in [-0.2, 0) is 17.6 Å². The van der Waals surface area contributed by atoms with Gasteiger partial charge in [0.1, 0.15) is 0 Å². The van der Waals surface area contributed by atoms with Crippen LogP contribution in [-0.4, -0.2) is 24.9 Å². The van der Waals surface area contributed by atoms with Crippen LogP contribution in [0.15, 0.2) is 36.4 Å². The lowest BCUT2D eigenvalue weighted by molar-refractivity contribution is -0.116. The van der Waals surface area contributed by atoms with Crippen LogP contribution in [0.1, 0.15) is 28.4 Å². The molecule has 0 spiro atoms. The molecule has 0 saturated heterocycles. The quantitative estimate of drug-likeness (QED) is 0.867. The number of hydrogen-bond acceptors (Lipinski definition) is 3. The topological polar surface area (TPSA) is 61.4 Å². The van der Waals surface area contributed by atoms with Crippen molar-refractivity contribution in [3.8, 4) is 0 Å². The Bertz CT molecular complexity index is 851. The van der Waals surface area contributed by atoms with E-state index in [0.717, 1.165) is 42.0 Å². The van der Waals surface area contributed by atoms with Crippen molar-refractivity contribution < 1.29 is 9.59 Å². The second-order valence-electron chi connectivity index (χ2n) is 6.27. The highest BCUT2D eigenvalue weighted by atomic mass is 35.5. The fourth-order valence-electron chi connectivity index (χ4n) is 3.46. The van der Waals surface area contributed by atoms with Gasteiger partial charge in [-0.25, -0.2) is 0 Å². The summed E-state index contributed by atoms with van der Waals surface area (Å²) in [6.07, 6.45) is 1.78. The minimum atomic E-state index is -0.105. The molecule has 5 nitrogen and oxygen atoms in total. The predicted octanol–water partition coefficient (Wildman–Crippen LogP) is 3.24. The van der Waals surface area contributed by atoms with Crippen molar-refractivity contribution in [1.29, 1.82) is 0 Å². The molecule has 0 radical (unpaired) electrons. The molecule has 2 aromatic carbocycles. The number of halogens is 1. The fraction of sp³-hybridized carbons (Fsp3) is 0.263. The smallest absolute Gasteiger partial charge is 0.255 e. The summed E-state index contributed by atoms with van der Waals surface area (Å²) in [7, 11) is 0. The van der Waals surface area contributed by atoms with E-state index in [-0.39, 0.29) is 24.2 Å². The fourth-order valence-corrected chi connectivity index (χ4v) is 3.46. The Labute approximate surface area is 152 Å². The molecule has 2 aromatic rings. The van der Waals surface area contributed by atoms with Gasteiger partial charge in [-0.05, 0) is 60.4 Å². The summed E-state index contributed by atoms with van der Waals surface area (Å²) in [4.78, 5) is 25.9. The summed E-state index contributed by atoms with van der Waals surface area (Å²) >= 11 is 0. The lowest BCUT2D eigenvalue weighted by atomic mass is 10.1. The van der Waals surface area contributed by atoms with Crippen LogP contribution in [0, 0.1) is 0 Å². The molecule has 0 saturated carbocycles. The molecular formula is C19H20ClN3O2. The summed E-state index contributed by atoms with van der Waals surface area (Å²) in [6, 6.07) is 11.5. The zero-order valence-corrected chi connectivity index (χ0v) is 14.8. The second kappa shape index (κ2) is 6.76. The first kappa shape index (κ1) is 17.3. The Hall–Kier alpha value is -2.53. The molecule has 0 fully saturated rings. The van der Waals surface area contributed by atoms with Crippen LogP contribution < -0.4 is 15.5 Å². The number of anilines is 3. The van der Waals surface area contributed by atoms with Crippen LogP contribution in [0.2, 0.25) is 0 Å². The highest BCUT2D eigenvalue weighted by Crippen LogP contribution is 2.31. The number of fused-ring (bicyclic) bond motifs is 2. The van der Waals surface area contributed by atoms with E-state index in [9.17, 15) is 9.59 Å². The second-order valence-corrected chi connectivity index (χ2v) is 6.27. The van der Waals surface area contributed by atoms with Gasteiger partial charge in [0.25, 0.3) is 5.91 Å². The zero-order chi connectivity index (χ0) is 16.7. The molecule has 2 amide bonds. The summed E-state index contributed by atoms with van der Waals surface area (Å²) < 4.78 is 0. The van der Waals surface area contributed by atoms with Gasteiger partial charge in [0.05, 0.1) is 0 Å².